The van der Waals surface area contributed by atoms with Gasteiger partial charge < -0.3 is 15.5 Å². The molecule has 0 aromatic heterocycles. The Balaban J connectivity index is 2.47. The molecule has 1 atom stereocenters. The zero-order valence-corrected chi connectivity index (χ0v) is 12.4. The summed E-state index contributed by atoms with van der Waals surface area (Å²) in [6, 6.07) is 6.23. The molecule has 0 aliphatic heterocycles. The summed E-state index contributed by atoms with van der Waals surface area (Å²) in [6.45, 7) is 4.39. The van der Waals surface area contributed by atoms with E-state index >= 15 is 0 Å². The van der Waals surface area contributed by atoms with Gasteiger partial charge in [-0.3, -0.25) is 9.69 Å². The van der Waals surface area contributed by atoms with E-state index in [2.05, 4.69) is 5.32 Å². The first-order chi connectivity index (χ1) is 9.95. The number of amides is 2. The van der Waals surface area contributed by atoms with E-state index in [0.29, 0.717) is 31.6 Å². The lowest BCUT2D eigenvalue weighted by Gasteiger charge is -2.21. The van der Waals surface area contributed by atoms with Crippen molar-refractivity contribution < 1.29 is 19.8 Å². The number of aromatic hydroxyl groups is 1. The molecule has 3 N–H and O–H groups in total. The number of anilines is 1. The molecule has 0 bridgehead atoms. The number of phenols is 1. The van der Waals surface area contributed by atoms with E-state index in [1.165, 1.54) is 11.0 Å². The van der Waals surface area contributed by atoms with Crippen LogP contribution in [0.25, 0.3) is 0 Å². The number of phenolic OH excluding ortho intramolecular Hbond substituents is 1. The van der Waals surface area contributed by atoms with Crippen LogP contribution in [0.2, 0.25) is 0 Å². The zero-order chi connectivity index (χ0) is 15.8. The number of carboxylic acid groups (broad SMARTS) is 1. The van der Waals surface area contributed by atoms with E-state index in [9.17, 15) is 14.7 Å². The van der Waals surface area contributed by atoms with Gasteiger partial charge in [-0.25, -0.2) is 4.79 Å². The van der Waals surface area contributed by atoms with Crippen molar-refractivity contribution in [1.29, 1.82) is 0 Å². The molecular weight excluding hydrogens is 272 g/mol. The Hall–Kier alpha value is -2.24. The van der Waals surface area contributed by atoms with Crippen molar-refractivity contribution in [2.75, 3.05) is 18.0 Å². The van der Waals surface area contributed by atoms with E-state index in [-0.39, 0.29) is 11.8 Å². The third kappa shape index (κ3) is 5.33. The van der Waals surface area contributed by atoms with Crippen LogP contribution in [-0.2, 0) is 4.79 Å². The topological polar surface area (TPSA) is 89.9 Å². The molecule has 0 heterocycles. The zero-order valence-electron chi connectivity index (χ0n) is 12.4. The Kier molecular flexibility index (Phi) is 6.52. The van der Waals surface area contributed by atoms with Gasteiger partial charge in [-0.1, -0.05) is 13.0 Å². The number of hydrogen-bond donors (Lipinski definition) is 3. The van der Waals surface area contributed by atoms with Gasteiger partial charge in [-0.2, -0.15) is 0 Å². The van der Waals surface area contributed by atoms with E-state index in [1.54, 1.807) is 25.1 Å². The van der Waals surface area contributed by atoms with Crippen molar-refractivity contribution >= 4 is 17.7 Å². The fourth-order valence-corrected chi connectivity index (χ4v) is 1.93. The molecule has 0 aliphatic rings. The SMILES string of the molecule is CCN(C(=O)NCCCC(C)C(=O)O)c1cccc(O)c1. The normalized spacial score (nSPS) is 11.7. The second-order valence-electron chi connectivity index (χ2n) is 4.88. The standard InChI is InChI=1S/C15H22N2O4/c1-3-17(12-7-4-8-13(18)10-12)15(21)16-9-5-6-11(2)14(19)20/h4,7-8,10-11,18H,3,5-6,9H2,1-2H3,(H,16,21)(H,19,20). The molecule has 6 heteroatoms. The Morgan fingerprint density at radius 1 is 1.38 bits per heavy atom. The molecule has 0 saturated heterocycles. The Morgan fingerprint density at radius 3 is 2.67 bits per heavy atom. The van der Waals surface area contributed by atoms with Crippen LogP contribution in [0.3, 0.4) is 0 Å². The summed E-state index contributed by atoms with van der Waals surface area (Å²) >= 11 is 0. The molecule has 21 heavy (non-hydrogen) atoms. The lowest BCUT2D eigenvalue weighted by Crippen LogP contribution is -2.40. The first kappa shape index (κ1) is 16.8. The molecule has 0 saturated carbocycles. The van der Waals surface area contributed by atoms with Crippen molar-refractivity contribution in [3.63, 3.8) is 0 Å². The molecule has 1 aromatic carbocycles. The average molecular weight is 294 g/mol. The number of carbonyl (C=O) groups is 2. The number of rotatable bonds is 7. The van der Waals surface area contributed by atoms with Crippen LogP contribution in [0.1, 0.15) is 26.7 Å². The predicted molar refractivity (Wildman–Crippen MR) is 80.6 cm³/mol. The van der Waals surface area contributed by atoms with E-state index in [0.717, 1.165) is 0 Å². The van der Waals surface area contributed by atoms with Crippen molar-refractivity contribution in [2.24, 2.45) is 5.92 Å². The second kappa shape index (κ2) is 8.14. The second-order valence-corrected chi connectivity index (χ2v) is 4.88. The maximum absolute atomic E-state index is 12.1. The van der Waals surface area contributed by atoms with Crippen molar-refractivity contribution in [1.82, 2.24) is 5.32 Å². The van der Waals surface area contributed by atoms with Crippen LogP contribution in [0.5, 0.6) is 5.75 Å². The monoisotopic (exact) mass is 294 g/mol. The number of aliphatic carboxylic acids is 1. The quantitative estimate of drug-likeness (QED) is 0.674. The molecule has 2 amide bonds. The van der Waals surface area contributed by atoms with Crippen LogP contribution in [0.15, 0.2) is 24.3 Å². The average Bonchev–Trinajstić information content (AvgIpc) is 2.44. The van der Waals surface area contributed by atoms with Gasteiger partial charge >= 0.3 is 12.0 Å². The predicted octanol–water partition coefficient (Wildman–Crippen LogP) is 2.43. The smallest absolute Gasteiger partial charge is 0.321 e. The lowest BCUT2D eigenvalue weighted by molar-refractivity contribution is -0.141. The number of urea groups is 1. The molecule has 1 unspecified atom stereocenters. The molecule has 0 spiro atoms. The van der Waals surface area contributed by atoms with Gasteiger partial charge in [0.25, 0.3) is 0 Å². The first-order valence-electron chi connectivity index (χ1n) is 7.03. The number of carbonyl (C=O) groups excluding carboxylic acids is 1. The molecule has 1 rings (SSSR count). The van der Waals surface area contributed by atoms with Crippen LogP contribution in [0, 0.1) is 5.92 Å². The van der Waals surface area contributed by atoms with Gasteiger partial charge in [-0.05, 0) is 31.9 Å². The van der Waals surface area contributed by atoms with Gasteiger partial charge in [0, 0.05) is 24.8 Å². The Morgan fingerprint density at radius 2 is 2.10 bits per heavy atom. The number of carboxylic acids is 1. The van der Waals surface area contributed by atoms with Crippen molar-refractivity contribution in [2.45, 2.75) is 26.7 Å². The summed E-state index contributed by atoms with van der Waals surface area (Å²) in [5, 5.41) is 21.0. The fraction of sp³-hybridized carbons (Fsp3) is 0.467. The molecule has 0 fully saturated rings. The van der Waals surface area contributed by atoms with E-state index < -0.39 is 11.9 Å². The third-order valence-corrected chi connectivity index (χ3v) is 3.21. The summed E-state index contributed by atoms with van der Waals surface area (Å²) in [5.41, 5.74) is 0.619. The summed E-state index contributed by atoms with van der Waals surface area (Å²) in [5.74, 6) is -1.12. The summed E-state index contributed by atoms with van der Waals surface area (Å²) in [4.78, 5) is 24.3. The number of hydrogen-bond acceptors (Lipinski definition) is 3. The van der Waals surface area contributed by atoms with Crippen LogP contribution < -0.4 is 10.2 Å². The van der Waals surface area contributed by atoms with Crippen molar-refractivity contribution in [3.8, 4) is 5.75 Å². The fourth-order valence-electron chi connectivity index (χ4n) is 1.93. The summed E-state index contributed by atoms with van der Waals surface area (Å²) in [7, 11) is 0. The molecule has 116 valence electrons. The van der Waals surface area contributed by atoms with Crippen LogP contribution in [0.4, 0.5) is 10.5 Å². The minimum atomic E-state index is -0.823. The number of nitrogens with one attached hydrogen (secondary N) is 1. The number of nitrogens with zero attached hydrogens (tertiary/aromatic N) is 1. The van der Waals surface area contributed by atoms with Gasteiger partial charge in [0.1, 0.15) is 5.75 Å². The highest BCUT2D eigenvalue weighted by Crippen LogP contribution is 2.19. The van der Waals surface area contributed by atoms with Gasteiger partial charge in [0.15, 0.2) is 0 Å². The lowest BCUT2D eigenvalue weighted by atomic mass is 10.1. The van der Waals surface area contributed by atoms with Crippen LogP contribution >= 0.6 is 0 Å². The van der Waals surface area contributed by atoms with Crippen molar-refractivity contribution in [3.05, 3.63) is 24.3 Å². The highest BCUT2D eigenvalue weighted by atomic mass is 16.4. The summed E-state index contributed by atoms with van der Waals surface area (Å²) in [6.07, 6.45) is 1.13. The molecule has 1 aromatic rings. The molecule has 0 aliphatic carbocycles. The number of benzene rings is 1. The van der Waals surface area contributed by atoms with Gasteiger partial charge in [0.05, 0.1) is 5.92 Å². The van der Waals surface area contributed by atoms with E-state index in [4.69, 9.17) is 5.11 Å². The maximum Gasteiger partial charge on any atom is 0.321 e. The third-order valence-electron chi connectivity index (χ3n) is 3.21. The molecular formula is C15H22N2O4. The minimum Gasteiger partial charge on any atom is -0.508 e. The Labute approximate surface area is 124 Å². The highest BCUT2D eigenvalue weighted by molar-refractivity contribution is 5.92. The van der Waals surface area contributed by atoms with E-state index in [1.807, 2.05) is 6.92 Å². The highest BCUT2D eigenvalue weighted by Gasteiger charge is 2.14. The van der Waals surface area contributed by atoms with Gasteiger partial charge in [-0.15, -0.1) is 0 Å². The summed E-state index contributed by atoms with van der Waals surface area (Å²) < 4.78 is 0. The molecule has 0 radical (unpaired) electrons. The Bertz CT molecular complexity index is 490. The largest absolute Gasteiger partial charge is 0.508 e. The van der Waals surface area contributed by atoms with Gasteiger partial charge in [0.2, 0.25) is 0 Å². The molecule has 6 nitrogen and oxygen atoms in total. The van der Waals surface area contributed by atoms with Crippen LogP contribution in [-0.4, -0.2) is 35.3 Å². The minimum absolute atomic E-state index is 0.106. The maximum atomic E-state index is 12.1. The first-order valence-corrected chi connectivity index (χ1v) is 7.03.